The van der Waals surface area contributed by atoms with E-state index >= 15 is 0 Å². The maximum Gasteiger partial charge on any atom is 0.411 e. The van der Waals surface area contributed by atoms with Gasteiger partial charge in [-0.1, -0.05) is 0 Å². The van der Waals surface area contributed by atoms with Crippen LogP contribution in [0, 0.1) is 11.6 Å². The molecular weight excluding hydrogens is 275 g/mol. The first kappa shape index (κ1) is 15.6. The Morgan fingerprint density at radius 2 is 1.74 bits per heavy atom. The summed E-state index contributed by atoms with van der Waals surface area (Å²) in [6.45, 7) is -2.48. The summed E-state index contributed by atoms with van der Waals surface area (Å²) in [5.74, 6) is -2.36. The van der Waals surface area contributed by atoms with Crippen LogP contribution in [0.25, 0.3) is 0 Å². The quantitative estimate of drug-likeness (QED) is 0.846. The molecule has 1 aromatic carbocycles. The van der Waals surface area contributed by atoms with Crippen LogP contribution in [-0.2, 0) is 4.74 Å². The van der Waals surface area contributed by atoms with Crippen LogP contribution < -0.4 is 4.74 Å². The number of aliphatic hydroxyl groups is 1. The van der Waals surface area contributed by atoms with E-state index in [1.807, 2.05) is 0 Å². The average molecular weight is 286 g/mol. The van der Waals surface area contributed by atoms with E-state index in [4.69, 9.17) is 0 Å². The molecule has 0 amide bonds. The Balaban J connectivity index is 2.74. The number of rotatable bonds is 5. The van der Waals surface area contributed by atoms with Crippen LogP contribution in [0.3, 0.4) is 0 Å². The molecule has 1 atom stereocenters. The first-order valence-corrected chi connectivity index (χ1v) is 5.10. The fourth-order valence-corrected chi connectivity index (χ4v) is 1.37. The third kappa shape index (κ3) is 4.64. The highest BCUT2D eigenvalue weighted by Crippen LogP contribution is 2.26. The molecule has 19 heavy (non-hydrogen) atoms. The maximum atomic E-state index is 13.5. The van der Waals surface area contributed by atoms with Crippen LogP contribution in [0.4, 0.5) is 22.0 Å². The summed E-state index contributed by atoms with van der Waals surface area (Å²) in [6, 6.07) is 1.62. The van der Waals surface area contributed by atoms with Crippen molar-refractivity contribution in [3.8, 4) is 5.75 Å². The van der Waals surface area contributed by atoms with Gasteiger partial charge in [0.15, 0.2) is 0 Å². The zero-order chi connectivity index (χ0) is 14.6. The number of methoxy groups -OCH3 is 1. The predicted molar refractivity (Wildman–Crippen MR) is 54.7 cm³/mol. The van der Waals surface area contributed by atoms with Gasteiger partial charge in [0.1, 0.15) is 30.1 Å². The summed E-state index contributed by atoms with van der Waals surface area (Å²) >= 11 is 0. The predicted octanol–water partition coefficient (Wildman–Crippen LogP) is 2.59. The second kappa shape index (κ2) is 6.16. The molecule has 3 nitrogen and oxygen atoms in total. The molecule has 1 aromatic rings. The van der Waals surface area contributed by atoms with E-state index in [2.05, 4.69) is 9.47 Å². The van der Waals surface area contributed by atoms with Crippen LogP contribution in [0.1, 0.15) is 11.7 Å². The van der Waals surface area contributed by atoms with Crippen molar-refractivity contribution in [3.05, 3.63) is 29.3 Å². The highest BCUT2D eigenvalue weighted by molar-refractivity contribution is 5.31. The Morgan fingerprint density at radius 1 is 1.21 bits per heavy atom. The van der Waals surface area contributed by atoms with Gasteiger partial charge in [0, 0.05) is 12.1 Å². The lowest BCUT2D eigenvalue weighted by molar-refractivity contribution is -0.179. The minimum atomic E-state index is -4.57. The lowest BCUT2D eigenvalue weighted by Crippen LogP contribution is -2.20. The first-order valence-electron chi connectivity index (χ1n) is 5.10. The Hall–Kier alpha value is -1.41. The van der Waals surface area contributed by atoms with Gasteiger partial charge in [-0.25, -0.2) is 8.78 Å². The van der Waals surface area contributed by atoms with Crippen molar-refractivity contribution in [1.29, 1.82) is 0 Å². The van der Waals surface area contributed by atoms with Gasteiger partial charge in [0.2, 0.25) is 0 Å². The van der Waals surface area contributed by atoms with Crippen molar-refractivity contribution in [2.24, 2.45) is 0 Å². The first-order chi connectivity index (χ1) is 8.74. The van der Waals surface area contributed by atoms with Crippen molar-refractivity contribution in [2.75, 3.05) is 20.3 Å². The standard InChI is InChI=1S/C11H11F5O3/c1-18-6-2-7(12)10(8(13)3-6)9(17)4-19-5-11(14,15)16/h2-3,9,17H,4-5H2,1H3. The molecule has 0 aliphatic rings. The van der Waals surface area contributed by atoms with Gasteiger partial charge >= 0.3 is 6.18 Å². The molecule has 0 aromatic heterocycles. The third-order valence-electron chi connectivity index (χ3n) is 2.16. The number of aliphatic hydroxyl groups excluding tert-OH is 1. The van der Waals surface area contributed by atoms with Crippen LogP contribution in [0.5, 0.6) is 5.75 Å². The monoisotopic (exact) mass is 286 g/mol. The van der Waals surface area contributed by atoms with Gasteiger partial charge < -0.3 is 14.6 Å². The van der Waals surface area contributed by atoms with E-state index in [1.165, 1.54) is 7.11 Å². The zero-order valence-corrected chi connectivity index (χ0v) is 9.80. The number of hydrogen-bond donors (Lipinski definition) is 1. The highest BCUT2D eigenvalue weighted by atomic mass is 19.4. The number of benzene rings is 1. The van der Waals surface area contributed by atoms with Crippen LogP contribution >= 0.6 is 0 Å². The second-order valence-corrected chi connectivity index (χ2v) is 3.65. The van der Waals surface area contributed by atoms with Gasteiger partial charge in [-0.3, -0.25) is 0 Å². The second-order valence-electron chi connectivity index (χ2n) is 3.65. The van der Waals surface area contributed by atoms with Crippen molar-refractivity contribution >= 4 is 0 Å². The lowest BCUT2D eigenvalue weighted by atomic mass is 10.1. The lowest BCUT2D eigenvalue weighted by Gasteiger charge is -2.15. The largest absolute Gasteiger partial charge is 0.497 e. The molecule has 1 N–H and O–H groups in total. The molecule has 0 fully saturated rings. The molecule has 0 heterocycles. The fraction of sp³-hybridized carbons (Fsp3) is 0.455. The number of hydrogen-bond acceptors (Lipinski definition) is 3. The van der Waals surface area contributed by atoms with Gasteiger partial charge in [-0.15, -0.1) is 0 Å². The zero-order valence-electron chi connectivity index (χ0n) is 9.80. The van der Waals surface area contributed by atoms with E-state index in [9.17, 15) is 27.1 Å². The molecule has 0 spiro atoms. The molecule has 8 heteroatoms. The van der Waals surface area contributed by atoms with Crippen molar-refractivity contribution < 1.29 is 36.5 Å². The number of halogens is 5. The smallest absolute Gasteiger partial charge is 0.411 e. The average Bonchev–Trinajstić information content (AvgIpc) is 2.26. The molecule has 108 valence electrons. The minimum absolute atomic E-state index is 0.109. The Morgan fingerprint density at radius 3 is 2.16 bits per heavy atom. The van der Waals surface area contributed by atoms with Gasteiger partial charge in [-0.05, 0) is 0 Å². The molecule has 0 saturated carbocycles. The van der Waals surface area contributed by atoms with E-state index < -0.39 is 42.7 Å². The third-order valence-corrected chi connectivity index (χ3v) is 2.16. The molecule has 0 saturated heterocycles. The van der Waals surface area contributed by atoms with Crippen LogP contribution in [0.15, 0.2) is 12.1 Å². The van der Waals surface area contributed by atoms with Crippen molar-refractivity contribution in [2.45, 2.75) is 12.3 Å². The summed E-state index contributed by atoms with van der Waals surface area (Å²) < 4.78 is 71.0. The topological polar surface area (TPSA) is 38.7 Å². The van der Waals surface area contributed by atoms with E-state index in [1.54, 1.807) is 0 Å². The fourth-order valence-electron chi connectivity index (χ4n) is 1.37. The summed E-state index contributed by atoms with van der Waals surface area (Å²) in [7, 11) is 1.19. The van der Waals surface area contributed by atoms with Gasteiger partial charge in [0.05, 0.1) is 19.3 Å². The van der Waals surface area contributed by atoms with Gasteiger partial charge in [0.25, 0.3) is 0 Å². The molecule has 0 aliphatic heterocycles. The van der Waals surface area contributed by atoms with Crippen molar-refractivity contribution in [1.82, 2.24) is 0 Å². The summed E-state index contributed by atoms with van der Waals surface area (Å²) in [4.78, 5) is 0. The van der Waals surface area contributed by atoms with Gasteiger partial charge in [-0.2, -0.15) is 13.2 Å². The summed E-state index contributed by atoms with van der Waals surface area (Å²) in [5.41, 5.74) is -0.761. The summed E-state index contributed by atoms with van der Waals surface area (Å²) in [5, 5.41) is 9.43. The van der Waals surface area contributed by atoms with Crippen molar-refractivity contribution in [3.63, 3.8) is 0 Å². The van der Waals surface area contributed by atoms with E-state index in [0.29, 0.717) is 0 Å². The Kier molecular flexibility index (Phi) is 5.07. The molecule has 0 aliphatic carbocycles. The molecule has 0 bridgehead atoms. The Bertz CT molecular complexity index is 410. The van der Waals surface area contributed by atoms with E-state index in [-0.39, 0.29) is 5.75 Å². The molecule has 1 unspecified atom stereocenters. The normalized spacial score (nSPS) is 13.4. The van der Waals surface area contributed by atoms with E-state index in [0.717, 1.165) is 12.1 Å². The number of ether oxygens (including phenoxy) is 2. The highest BCUT2D eigenvalue weighted by Gasteiger charge is 2.28. The molecule has 0 radical (unpaired) electrons. The molecular formula is C11H11F5O3. The maximum absolute atomic E-state index is 13.5. The Labute approximate surface area is 105 Å². The van der Waals surface area contributed by atoms with Crippen LogP contribution in [0.2, 0.25) is 0 Å². The number of alkyl halides is 3. The SMILES string of the molecule is COc1cc(F)c(C(O)COCC(F)(F)F)c(F)c1. The summed E-state index contributed by atoms with van der Waals surface area (Å²) in [6.07, 6.45) is -6.41. The minimum Gasteiger partial charge on any atom is -0.497 e. The van der Waals surface area contributed by atoms with Crippen LogP contribution in [-0.4, -0.2) is 31.6 Å². The molecule has 1 rings (SSSR count).